The van der Waals surface area contributed by atoms with Crippen LogP contribution in [0.5, 0.6) is 0 Å². The van der Waals surface area contributed by atoms with E-state index < -0.39 is 23.1 Å². The van der Waals surface area contributed by atoms with Gasteiger partial charge in [-0.1, -0.05) is 13.8 Å². The standard InChI is InChI=1S/2C6H14O3.2CH2O3/c2*1-2-6(3-7,4-8)5-9;2*2-1(3)4/h2*7-9H,2-5H2,1H3;2*(H2,2,3,4). The molecule has 0 unspecified atom stereocenters. The van der Waals surface area contributed by atoms with Crippen molar-refractivity contribution in [2.75, 3.05) is 39.6 Å². The second-order valence-corrected chi connectivity index (χ2v) is 5.22. The van der Waals surface area contributed by atoms with Crippen molar-refractivity contribution in [3.8, 4) is 0 Å². The predicted octanol–water partition coefficient (Wildman–Crippen LogP) is -0.836. The van der Waals surface area contributed by atoms with E-state index in [2.05, 4.69) is 0 Å². The Kier molecular flexibility index (Phi) is 24.2. The average Bonchev–Trinajstić information content (AvgIpc) is 2.60. The predicted molar refractivity (Wildman–Crippen MR) is 89.3 cm³/mol. The zero-order valence-electron chi connectivity index (χ0n) is 14.9. The van der Waals surface area contributed by atoms with Gasteiger partial charge in [-0.05, 0) is 12.8 Å². The third kappa shape index (κ3) is 20.3. The number of hydrogen-bond acceptors (Lipinski definition) is 8. The van der Waals surface area contributed by atoms with Crippen LogP contribution in [-0.2, 0) is 0 Å². The van der Waals surface area contributed by atoms with Crippen LogP contribution in [0.4, 0.5) is 9.59 Å². The van der Waals surface area contributed by atoms with Gasteiger partial charge in [-0.3, -0.25) is 0 Å². The van der Waals surface area contributed by atoms with Crippen LogP contribution in [0, 0.1) is 10.8 Å². The van der Waals surface area contributed by atoms with Crippen molar-refractivity contribution in [2.45, 2.75) is 26.7 Å². The SMILES string of the molecule is CCC(CO)(CO)CO.CCC(CO)(CO)CO.O=C(O)O.O=C(O)O. The molecule has 0 bridgehead atoms. The molecule has 0 spiro atoms. The lowest BCUT2D eigenvalue weighted by Gasteiger charge is -2.24. The summed E-state index contributed by atoms with van der Waals surface area (Å²) in [5.74, 6) is 0. The van der Waals surface area contributed by atoms with Crippen LogP contribution >= 0.6 is 0 Å². The summed E-state index contributed by atoms with van der Waals surface area (Å²) in [6.07, 6.45) is -2.48. The van der Waals surface area contributed by atoms with E-state index in [4.69, 9.17) is 60.7 Å². The molecular formula is C14H32O12. The zero-order chi connectivity index (χ0) is 21.8. The van der Waals surface area contributed by atoms with Crippen molar-refractivity contribution in [3.63, 3.8) is 0 Å². The smallest absolute Gasteiger partial charge is 0.450 e. The van der Waals surface area contributed by atoms with Crippen molar-refractivity contribution in [1.82, 2.24) is 0 Å². The Morgan fingerprint density at radius 3 is 0.654 bits per heavy atom. The first-order valence-corrected chi connectivity index (χ1v) is 7.44. The maximum Gasteiger partial charge on any atom is 0.503 e. The van der Waals surface area contributed by atoms with Gasteiger partial charge in [0, 0.05) is 10.8 Å². The second-order valence-electron chi connectivity index (χ2n) is 5.22. The van der Waals surface area contributed by atoms with Crippen molar-refractivity contribution in [2.24, 2.45) is 10.8 Å². The quantitative estimate of drug-likeness (QED) is 0.243. The van der Waals surface area contributed by atoms with Crippen molar-refractivity contribution in [3.05, 3.63) is 0 Å². The third-order valence-electron chi connectivity index (χ3n) is 3.51. The van der Waals surface area contributed by atoms with Crippen LogP contribution in [-0.4, -0.2) is 103 Å². The molecule has 0 heterocycles. The van der Waals surface area contributed by atoms with Crippen LogP contribution in [0.25, 0.3) is 0 Å². The van der Waals surface area contributed by atoms with Gasteiger partial charge < -0.3 is 51.1 Å². The summed E-state index contributed by atoms with van der Waals surface area (Å²) in [6.45, 7) is 2.71. The Bertz CT molecular complexity index is 251. The molecule has 0 atom stereocenters. The van der Waals surface area contributed by atoms with Crippen LogP contribution in [0.2, 0.25) is 0 Å². The summed E-state index contributed by atoms with van der Waals surface area (Å²) in [6, 6.07) is 0. The lowest BCUT2D eigenvalue weighted by molar-refractivity contribution is 0.00275. The molecule has 12 heteroatoms. The van der Waals surface area contributed by atoms with Crippen molar-refractivity contribution >= 4 is 12.3 Å². The van der Waals surface area contributed by atoms with Crippen LogP contribution in [0.15, 0.2) is 0 Å². The van der Waals surface area contributed by atoms with Crippen molar-refractivity contribution < 1.29 is 60.7 Å². The summed E-state index contributed by atoms with van der Waals surface area (Å²) in [7, 11) is 0. The highest BCUT2D eigenvalue weighted by Crippen LogP contribution is 2.18. The Morgan fingerprint density at radius 2 is 0.654 bits per heavy atom. The summed E-state index contributed by atoms with van der Waals surface area (Å²) < 4.78 is 0. The number of aliphatic hydroxyl groups is 6. The van der Waals surface area contributed by atoms with Gasteiger partial charge in [0.25, 0.3) is 0 Å². The van der Waals surface area contributed by atoms with E-state index in [1.807, 2.05) is 13.8 Å². The first-order valence-electron chi connectivity index (χ1n) is 7.44. The fraction of sp³-hybridized carbons (Fsp3) is 0.857. The molecule has 0 rings (SSSR count). The maximum atomic E-state index is 8.66. The Labute approximate surface area is 151 Å². The highest BCUT2D eigenvalue weighted by molar-refractivity contribution is 5.53. The molecule has 0 aliphatic carbocycles. The highest BCUT2D eigenvalue weighted by Gasteiger charge is 2.25. The van der Waals surface area contributed by atoms with Crippen LogP contribution in [0.1, 0.15) is 26.7 Å². The van der Waals surface area contributed by atoms with E-state index >= 15 is 0 Å². The molecule has 0 saturated heterocycles. The molecule has 10 N–H and O–H groups in total. The summed E-state index contributed by atoms with van der Waals surface area (Å²) in [5, 5.41) is 79.8. The van der Waals surface area contributed by atoms with E-state index in [1.54, 1.807) is 0 Å². The molecule has 160 valence electrons. The van der Waals surface area contributed by atoms with E-state index in [-0.39, 0.29) is 39.6 Å². The topological polar surface area (TPSA) is 236 Å². The normalized spacial score (nSPS) is 10.2. The third-order valence-corrected chi connectivity index (χ3v) is 3.51. The minimum Gasteiger partial charge on any atom is -0.450 e. The first-order chi connectivity index (χ1) is 11.9. The fourth-order valence-corrected chi connectivity index (χ4v) is 0.971. The molecular weight excluding hydrogens is 360 g/mol. The maximum absolute atomic E-state index is 8.66. The average molecular weight is 392 g/mol. The fourth-order valence-electron chi connectivity index (χ4n) is 0.971. The monoisotopic (exact) mass is 392 g/mol. The molecule has 0 saturated carbocycles. The number of rotatable bonds is 8. The largest absolute Gasteiger partial charge is 0.503 e. The van der Waals surface area contributed by atoms with Gasteiger partial charge in [0.15, 0.2) is 0 Å². The molecule has 0 radical (unpaired) electrons. The Hall–Kier alpha value is -1.70. The number of aliphatic hydroxyl groups excluding tert-OH is 6. The molecule has 0 aromatic heterocycles. The summed E-state index contributed by atoms with van der Waals surface area (Å²) in [4.78, 5) is 17.1. The van der Waals surface area contributed by atoms with Crippen molar-refractivity contribution in [1.29, 1.82) is 0 Å². The summed E-state index contributed by atoms with van der Waals surface area (Å²) in [5.41, 5.74) is -1.33. The minimum absolute atomic E-state index is 0.156. The summed E-state index contributed by atoms with van der Waals surface area (Å²) >= 11 is 0. The molecule has 0 aliphatic heterocycles. The molecule has 0 aromatic carbocycles. The van der Waals surface area contributed by atoms with Crippen LogP contribution < -0.4 is 0 Å². The molecule has 0 fully saturated rings. The first kappa shape index (κ1) is 32.0. The van der Waals surface area contributed by atoms with Gasteiger partial charge in [0.2, 0.25) is 0 Å². The Morgan fingerprint density at radius 1 is 0.538 bits per heavy atom. The van der Waals surface area contributed by atoms with Gasteiger partial charge in [-0.2, -0.15) is 0 Å². The molecule has 26 heavy (non-hydrogen) atoms. The number of carbonyl (C=O) groups is 2. The van der Waals surface area contributed by atoms with E-state index in [1.165, 1.54) is 0 Å². The minimum atomic E-state index is -1.83. The zero-order valence-corrected chi connectivity index (χ0v) is 14.9. The van der Waals surface area contributed by atoms with Crippen LogP contribution in [0.3, 0.4) is 0 Å². The van der Waals surface area contributed by atoms with E-state index in [9.17, 15) is 0 Å². The number of carboxylic acid groups (broad SMARTS) is 4. The van der Waals surface area contributed by atoms with Gasteiger partial charge >= 0.3 is 12.3 Å². The van der Waals surface area contributed by atoms with E-state index in [0.29, 0.717) is 12.8 Å². The molecule has 0 aliphatic rings. The number of hydrogen-bond donors (Lipinski definition) is 10. The highest BCUT2D eigenvalue weighted by atomic mass is 16.6. The lowest BCUT2D eigenvalue weighted by atomic mass is 9.88. The van der Waals surface area contributed by atoms with Gasteiger partial charge in [-0.25, -0.2) is 9.59 Å². The van der Waals surface area contributed by atoms with Gasteiger partial charge in [-0.15, -0.1) is 0 Å². The van der Waals surface area contributed by atoms with Gasteiger partial charge in [0.1, 0.15) is 0 Å². The molecule has 0 aromatic rings. The van der Waals surface area contributed by atoms with Gasteiger partial charge in [0.05, 0.1) is 39.6 Å². The van der Waals surface area contributed by atoms with E-state index in [0.717, 1.165) is 0 Å². The molecule has 12 nitrogen and oxygen atoms in total. The Balaban J connectivity index is -0.000000134. The molecule has 0 amide bonds. The lowest BCUT2D eigenvalue weighted by Crippen LogP contribution is -2.32. The second kappa shape index (κ2) is 19.6.